The lowest BCUT2D eigenvalue weighted by molar-refractivity contribution is 0.413. The van der Waals surface area contributed by atoms with Crippen LogP contribution in [0.25, 0.3) is 0 Å². The number of hydrogen-bond donors (Lipinski definition) is 1. The van der Waals surface area contributed by atoms with Gasteiger partial charge in [0.15, 0.2) is 0 Å². The van der Waals surface area contributed by atoms with Crippen LogP contribution in [0.5, 0.6) is 5.75 Å². The minimum Gasteiger partial charge on any atom is -0.497 e. The van der Waals surface area contributed by atoms with Gasteiger partial charge in [0.05, 0.1) is 12.9 Å². The van der Waals surface area contributed by atoms with Crippen molar-refractivity contribution in [2.45, 2.75) is 13.0 Å². The van der Waals surface area contributed by atoms with Gasteiger partial charge in [0.2, 0.25) is 10.0 Å². The maximum atomic E-state index is 11.6. The predicted molar refractivity (Wildman–Crippen MR) is 76.9 cm³/mol. The van der Waals surface area contributed by atoms with E-state index in [0.717, 1.165) is 11.3 Å². The molecule has 0 aromatic heterocycles. The fourth-order valence-electron chi connectivity index (χ4n) is 1.62. The Kier molecular flexibility index (Phi) is 5.78. The van der Waals surface area contributed by atoms with Crippen LogP contribution in [0.1, 0.15) is 18.5 Å². The summed E-state index contributed by atoms with van der Waals surface area (Å²) in [5, 5.41) is 3.20. The molecule has 0 saturated carbocycles. The van der Waals surface area contributed by atoms with E-state index in [9.17, 15) is 8.42 Å². The smallest absolute Gasteiger partial charge is 0.214 e. The van der Waals surface area contributed by atoms with Crippen molar-refractivity contribution in [2.75, 3.05) is 33.5 Å². The summed E-state index contributed by atoms with van der Waals surface area (Å²) in [5.41, 5.74) is 1.07. The summed E-state index contributed by atoms with van der Waals surface area (Å²) in [6.45, 7) is 2.41. The lowest BCUT2D eigenvalue weighted by atomic mass is 10.1. The van der Waals surface area contributed by atoms with E-state index in [-0.39, 0.29) is 11.8 Å². The van der Waals surface area contributed by atoms with Gasteiger partial charge in [0, 0.05) is 26.7 Å². The van der Waals surface area contributed by atoms with Crippen LogP contribution in [0.2, 0.25) is 0 Å². The van der Waals surface area contributed by atoms with Crippen molar-refractivity contribution in [1.29, 1.82) is 0 Å². The van der Waals surface area contributed by atoms with Crippen molar-refractivity contribution in [3.05, 3.63) is 29.8 Å². The number of sulfonamides is 1. The van der Waals surface area contributed by atoms with E-state index in [1.54, 1.807) is 21.2 Å². The predicted octanol–water partition coefficient (Wildman–Crippen LogP) is 1.24. The van der Waals surface area contributed by atoms with Crippen LogP contribution < -0.4 is 10.1 Å². The fraction of sp³-hybridized carbons (Fsp3) is 0.538. The quantitative estimate of drug-likeness (QED) is 0.819. The molecule has 0 aliphatic heterocycles. The van der Waals surface area contributed by atoms with Gasteiger partial charge in [0.1, 0.15) is 5.75 Å². The first-order chi connectivity index (χ1) is 8.86. The van der Waals surface area contributed by atoms with E-state index in [1.807, 2.05) is 31.2 Å². The molecule has 0 aliphatic rings. The monoisotopic (exact) mass is 286 g/mol. The SMILES string of the molecule is COc1cccc(C(C)NCCS(=O)(=O)N(C)C)c1. The average molecular weight is 286 g/mol. The average Bonchev–Trinajstić information content (AvgIpc) is 2.38. The zero-order chi connectivity index (χ0) is 14.5. The number of nitrogens with zero attached hydrogens (tertiary/aromatic N) is 1. The molecule has 0 heterocycles. The second kappa shape index (κ2) is 6.88. The number of methoxy groups -OCH3 is 1. The van der Waals surface area contributed by atoms with Crippen LogP contribution in [0, 0.1) is 0 Å². The molecule has 1 aromatic rings. The molecule has 5 nitrogen and oxygen atoms in total. The first kappa shape index (κ1) is 15.9. The molecular weight excluding hydrogens is 264 g/mol. The first-order valence-electron chi connectivity index (χ1n) is 6.14. The highest BCUT2D eigenvalue weighted by Crippen LogP contribution is 2.18. The van der Waals surface area contributed by atoms with Crippen LogP contribution >= 0.6 is 0 Å². The molecule has 1 N–H and O–H groups in total. The zero-order valence-corrected chi connectivity index (χ0v) is 12.7. The van der Waals surface area contributed by atoms with Gasteiger partial charge < -0.3 is 10.1 Å². The molecule has 0 radical (unpaired) electrons. The molecule has 1 aromatic carbocycles. The highest BCUT2D eigenvalue weighted by atomic mass is 32.2. The molecule has 0 aliphatic carbocycles. The Morgan fingerprint density at radius 3 is 2.63 bits per heavy atom. The second-order valence-corrected chi connectivity index (χ2v) is 6.85. The van der Waals surface area contributed by atoms with E-state index in [0.29, 0.717) is 6.54 Å². The van der Waals surface area contributed by atoms with Crippen molar-refractivity contribution in [2.24, 2.45) is 0 Å². The van der Waals surface area contributed by atoms with Crippen molar-refractivity contribution in [3.8, 4) is 5.75 Å². The second-order valence-electron chi connectivity index (χ2n) is 4.55. The van der Waals surface area contributed by atoms with Gasteiger partial charge in [-0.05, 0) is 24.6 Å². The standard InChI is InChI=1S/C13H22N2O3S/c1-11(12-6-5-7-13(10-12)18-4)14-8-9-19(16,17)15(2)3/h5-7,10-11,14H,8-9H2,1-4H3. The van der Waals surface area contributed by atoms with Crippen LogP contribution in [-0.4, -0.2) is 46.2 Å². The molecule has 108 valence electrons. The Balaban J connectivity index is 2.54. The van der Waals surface area contributed by atoms with E-state index in [2.05, 4.69) is 5.32 Å². The van der Waals surface area contributed by atoms with E-state index >= 15 is 0 Å². The van der Waals surface area contributed by atoms with Crippen molar-refractivity contribution in [1.82, 2.24) is 9.62 Å². The highest BCUT2D eigenvalue weighted by Gasteiger charge is 2.14. The molecule has 6 heteroatoms. The number of benzene rings is 1. The van der Waals surface area contributed by atoms with Crippen molar-refractivity contribution < 1.29 is 13.2 Å². The summed E-state index contributed by atoms with van der Waals surface area (Å²) in [7, 11) is 1.57. The summed E-state index contributed by atoms with van der Waals surface area (Å²) in [5.74, 6) is 0.890. The minimum absolute atomic E-state index is 0.0764. The third-order valence-corrected chi connectivity index (χ3v) is 4.79. The Labute approximate surface area is 115 Å². The largest absolute Gasteiger partial charge is 0.497 e. The van der Waals surface area contributed by atoms with Crippen molar-refractivity contribution in [3.63, 3.8) is 0 Å². The van der Waals surface area contributed by atoms with Gasteiger partial charge in [-0.1, -0.05) is 12.1 Å². The van der Waals surface area contributed by atoms with Gasteiger partial charge in [0.25, 0.3) is 0 Å². The normalized spacial score (nSPS) is 13.5. The fourth-order valence-corrected chi connectivity index (χ4v) is 2.36. The molecule has 0 bridgehead atoms. The molecule has 1 unspecified atom stereocenters. The van der Waals surface area contributed by atoms with Gasteiger partial charge in [-0.2, -0.15) is 0 Å². The van der Waals surface area contributed by atoms with Crippen LogP contribution in [-0.2, 0) is 10.0 Å². The molecule has 19 heavy (non-hydrogen) atoms. The molecule has 0 fully saturated rings. The topological polar surface area (TPSA) is 58.6 Å². The zero-order valence-electron chi connectivity index (χ0n) is 11.9. The molecule has 1 atom stereocenters. The summed E-state index contributed by atoms with van der Waals surface area (Å²) in [6, 6.07) is 7.81. The summed E-state index contributed by atoms with van der Waals surface area (Å²) >= 11 is 0. The third kappa shape index (κ3) is 4.81. The molecule has 0 saturated heterocycles. The Bertz CT molecular complexity index is 500. The summed E-state index contributed by atoms with van der Waals surface area (Å²) in [4.78, 5) is 0. The first-order valence-corrected chi connectivity index (χ1v) is 7.75. The van der Waals surface area contributed by atoms with Gasteiger partial charge in [-0.3, -0.25) is 0 Å². The van der Waals surface area contributed by atoms with Crippen molar-refractivity contribution >= 4 is 10.0 Å². The highest BCUT2D eigenvalue weighted by molar-refractivity contribution is 7.89. The van der Waals surface area contributed by atoms with Crippen LogP contribution in [0.3, 0.4) is 0 Å². The lowest BCUT2D eigenvalue weighted by Gasteiger charge is -2.16. The third-order valence-electron chi connectivity index (χ3n) is 2.96. The number of ether oxygens (including phenoxy) is 1. The lowest BCUT2D eigenvalue weighted by Crippen LogP contribution is -2.32. The molecule has 0 amide bonds. The Hall–Kier alpha value is -1.11. The van der Waals surface area contributed by atoms with E-state index < -0.39 is 10.0 Å². The van der Waals surface area contributed by atoms with Crippen LogP contribution in [0.4, 0.5) is 0 Å². The number of hydrogen-bond acceptors (Lipinski definition) is 4. The Morgan fingerprint density at radius 2 is 2.05 bits per heavy atom. The molecule has 0 spiro atoms. The maximum Gasteiger partial charge on any atom is 0.214 e. The van der Waals surface area contributed by atoms with Gasteiger partial charge in [-0.15, -0.1) is 0 Å². The minimum atomic E-state index is -3.14. The van der Waals surface area contributed by atoms with E-state index in [4.69, 9.17) is 4.74 Å². The van der Waals surface area contributed by atoms with Crippen LogP contribution in [0.15, 0.2) is 24.3 Å². The Morgan fingerprint density at radius 1 is 1.37 bits per heavy atom. The summed E-state index contributed by atoms with van der Waals surface area (Å²) in [6.07, 6.45) is 0. The number of rotatable bonds is 7. The number of nitrogens with one attached hydrogen (secondary N) is 1. The van der Waals surface area contributed by atoms with Gasteiger partial charge in [-0.25, -0.2) is 12.7 Å². The van der Waals surface area contributed by atoms with Gasteiger partial charge >= 0.3 is 0 Å². The van der Waals surface area contributed by atoms with E-state index in [1.165, 1.54) is 4.31 Å². The molecular formula is C13H22N2O3S. The summed E-state index contributed by atoms with van der Waals surface area (Å²) < 4.78 is 29.6. The maximum absolute atomic E-state index is 11.6. The molecule has 1 rings (SSSR count).